The third-order valence-corrected chi connectivity index (χ3v) is 3.50. The van der Waals surface area contributed by atoms with Crippen LogP contribution in [-0.2, 0) is 4.79 Å². The second-order valence-corrected chi connectivity index (χ2v) is 5.30. The van der Waals surface area contributed by atoms with Crippen LogP contribution in [0.1, 0.15) is 25.5 Å². The number of carbonyl (C=O) groups excluding carboxylic acids is 1. The van der Waals surface area contributed by atoms with E-state index in [0.717, 1.165) is 17.7 Å². The maximum Gasteiger partial charge on any atom is 0.282 e. The van der Waals surface area contributed by atoms with Crippen LogP contribution in [0.15, 0.2) is 48.5 Å². The zero-order chi connectivity index (χ0) is 16.1. The molecule has 2 aromatic rings. The van der Waals surface area contributed by atoms with Crippen molar-refractivity contribution in [3.8, 4) is 0 Å². The minimum Gasteiger partial charge on any atom is -0.330 e. The van der Waals surface area contributed by atoms with Gasteiger partial charge in [-0.2, -0.15) is 0 Å². The van der Waals surface area contributed by atoms with Crippen molar-refractivity contribution >= 4 is 11.6 Å². The Kier molecular flexibility index (Phi) is 5.22. The van der Waals surface area contributed by atoms with Gasteiger partial charge in [-0.1, -0.05) is 30.3 Å². The maximum atomic E-state index is 13.1. The van der Waals surface area contributed by atoms with Gasteiger partial charge in [0.1, 0.15) is 6.04 Å². The molecule has 22 heavy (non-hydrogen) atoms. The molecule has 116 valence electrons. The third kappa shape index (κ3) is 4.11. The van der Waals surface area contributed by atoms with Gasteiger partial charge >= 0.3 is 0 Å². The van der Waals surface area contributed by atoms with E-state index in [4.69, 9.17) is 0 Å². The van der Waals surface area contributed by atoms with Gasteiger partial charge in [0.15, 0.2) is 17.7 Å². The third-order valence-electron chi connectivity index (χ3n) is 3.50. The molecular weight excluding hydrogens is 286 g/mol. The van der Waals surface area contributed by atoms with E-state index in [1.807, 2.05) is 42.6 Å². The number of amides is 1. The number of carbonyl (C=O) groups is 1. The number of hydrogen-bond donors (Lipinski definition) is 2. The predicted molar refractivity (Wildman–Crippen MR) is 81.2 cm³/mol. The second-order valence-electron chi connectivity index (χ2n) is 5.30. The van der Waals surface area contributed by atoms with Crippen LogP contribution >= 0.6 is 0 Å². The van der Waals surface area contributed by atoms with E-state index in [0.29, 0.717) is 0 Å². The van der Waals surface area contributed by atoms with Crippen molar-refractivity contribution in [1.29, 1.82) is 0 Å². The molecule has 0 spiro atoms. The van der Waals surface area contributed by atoms with E-state index in [1.54, 1.807) is 6.92 Å². The molecule has 1 amide bonds. The summed E-state index contributed by atoms with van der Waals surface area (Å²) in [7, 11) is 0. The number of halogens is 2. The summed E-state index contributed by atoms with van der Waals surface area (Å²) in [5.74, 6) is -2.17. The van der Waals surface area contributed by atoms with E-state index in [1.165, 1.54) is 6.07 Å². The van der Waals surface area contributed by atoms with E-state index >= 15 is 0 Å². The highest BCUT2D eigenvalue weighted by Crippen LogP contribution is 2.13. The molecule has 0 saturated carbocycles. The lowest BCUT2D eigenvalue weighted by Gasteiger charge is -2.17. The Morgan fingerprint density at radius 2 is 1.73 bits per heavy atom. The number of benzene rings is 2. The van der Waals surface area contributed by atoms with Crippen LogP contribution in [-0.4, -0.2) is 11.9 Å². The molecule has 0 radical (unpaired) electrons. The topological polar surface area (TPSA) is 45.7 Å². The molecule has 0 saturated heterocycles. The maximum absolute atomic E-state index is 13.1. The van der Waals surface area contributed by atoms with Gasteiger partial charge < -0.3 is 10.6 Å². The minimum absolute atomic E-state index is 0.118. The lowest BCUT2D eigenvalue weighted by Crippen LogP contribution is -2.91. The molecule has 0 heterocycles. The molecule has 0 fully saturated rings. The molecule has 3 N–H and O–H groups in total. The van der Waals surface area contributed by atoms with E-state index in [-0.39, 0.29) is 23.7 Å². The van der Waals surface area contributed by atoms with Crippen LogP contribution in [0.2, 0.25) is 0 Å². The summed E-state index contributed by atoms with van der Waals surface area (Å²) in [5.41, 5.74) is 1.37. The summed E-state index contributed by atoms with van der Waals surface area (Å²) < 4.78 is 26.0. The quantitative estimate of drug-likeness (QED) is 0.876. The van der Waals surface area contributed by atoms with Crippen molar-refractivity contribution in [1.82, 2.24) is 0 Å². The Bertz CT molecular complexity index is 646. The Labute approximate surface area is 128 Å². The predicted octanol–water partition coefficient (Wildman–Crippen LogP) is 2.62. The average molecular weight is 305 g/mol. The first-order valence-corrected chi connectivity index (χ1v) is 7.13. The van der Waals surface area contributed by atoms with Crippen LogP contribution < -0.4 is 10.6 Å². The summed E-state index contributed by atoms with van der Waals surface area (Å²) in [4.78, 5) is 12.1. The largest absolute Gasteiger partial charge is 0.330 e. The van der Waals surface area contributed by atoms with E-state index in [2.05, 4.69) is 5.32 Å². The van der Waals surface area contributed by atoms with Gasteiger partial charge in [0.05, 0.1) is 0 Å². The number of quaternary nitrogens is 1. The first-order valence-electron chi connectivity index (χ1n) is 7.13. The first kappa shape index (κ1) is 16.1. The van der Waals surface area contributed by atoms with Gasteiger partial charge in [0.2, 0.25) is 0 Å². The fourth-order valence-electron chi connectivity index (χ4n) is 2.22. The van der Waals surface area contributed by atoms with Gasteiger partial charge in [-0.15, -0.1) is 0 Å². The van der Waals surface area contributed by atoms with Crippen LogP contribution in [0, 0.1) is 11.6 Å². The van der Waals surface area contributed by atoms with Crippen molar-refractivity contribution < 1.29 is 18.9 Å². The molecule has 0 aromatic heterocycles. The molecule has 5 heteroatoms. The summed E-state index contributed by atoms with van der Waals surface area (Å²) in [5, 5.41) is 4.51. The highest BCUT2D eigenvalue weighted by molar-refractivity contribution is 5.93. The smallest absolute Gasteiger partial charge is 0.282 e. The number of rotatable bonds is 5. The Hall–Kier alpha value is -2.27. The van der Waals surface area contributed by atoms with Crippen molar-refractivity contribution in [2.75, 3.05) is 5.32 Å². The molecule has 2 aromatic carbocycles. The number of nitrogens with two attached hydrogens (primary N) is 1. The standard InChI is InChI=1S/C17H18F2N2O/c1-11(13-6-4-3-5-7-13)20-12(2)17(22)21-14-8-9-15(18)16(19)10-14/h3-12,20H,1-2H3,(H,21,22)/p+1/t11-,12+/m0/s1. The van der Waals surface area contributed by atoms with Gasteiger partial charge in [0.25, 0.3) is 5.91 Å². The van der Waals surface area contributed by atoms with Crippen LogP contribution in [0.5, 0.6) is 0 Å². The molecule has 0 bridgehead atoms. The molecule has 0 unspecified atom stereocenters. The monoisotopic (exact) mass is 305 g/mol. The summed E-state index contributed by atoms with van der Waals surface area (Å²) in [6.45, 7) is 3.78. The SMILES string of the molecule is C[C@H]([NH2+][C@H](C)C(=O)Nc1ccc(F)c(F)c1)c1ccccc1. The normalized spacial score (nSPS) is 13.5. The lowest BCUT2D eigenvalue weighted by atomic mass is 10.1. The summed E-state index contributed by atoms with van der Waals surface area (Å²) in [6.07, 6.45) is 0. The molecule has 2 atom stereocenters. The minimum atomic E-state index is -0.980. The number of nitrogens with one attached hydrogen (secondary N) is 1. The highest BCUT2D eigenvalue weighted by atomic mass is 19.2. The first-order chi connectivity index (χ1) is 10.5. The van der Waals surface area contributed by atoms with Crippen molar-refractivity contribution in [2.45, 2.75) is 25.9 Å². The van der Waals surface area contributed by atoms with Crippen LogP contribution in [0.4, 0.5) is 14.5 Å². The van der Waals surface area contributed by atoms with Gasteiger partial charge in [0, 0.05) is 17.3 Å². The molecule has 0 aliphatic heterocycles. The fourth-order valence-corrected chi connectivity index (χ4v) is 2.22. The van der Waals surface area contributed by atoms with Crippen LogP contribution in [0.25, 0.3) is 0 Å². The number of hydrogen-bond acceptors (Lipinski definition) is 1. The fraction of sp³-hybridized carbons (Fsp3) is 0.235. The molecular formula is C17H19F2N2O+. The number of anilines is 1. The van der Waals surface area contributed by atoms with E-state index in [9.17, 15) is 13.6 Å². The Morgan fingerprint density at radius 3 is 2.36 bits per heavy atom. The van der Waals surface area contributed by atoms with Gasteiger partial charge in [-0.05, 0) is 26.0 Å². The summed E-state index contributed by atoms with van der Waals surface area (Å²) in [6, 6.07) is 12.9. The Balaban J connectivity index is 1.95. The van der Waals surface area contributed by atoms with Gasteiger partial charge in [-0.3, -0.25) is 4.79 Å². The zero-order valence-corrected chi connectivity index (χ0v) is 12.5. The highest BCUT2D eigenvalue weighted by Gasteiger charge is 2.20. The van der Waals surface area contributed by atoms with Gasteiger partial charge in [-0.25, -0.2) is 8.78 Å². The van der Waals surface area contributed by atoms with Crippen molar-refractivity contribution in [2.24, 2.45) is 0 Å². The molecule has 0 aliphatic rings. The summed E-state index contributed by atoms with van der Waals surface area (Å²) >= 11 is 0. The van der Waals surface area contributed by atoms with Crippen molar-refractivity contribution in [3.05, 3.63) is 65.7 Å². The Morgan fingerprint density at radius 1 is 1.05 bits per heavy atom. The molecule has 0 aliphatic carbocycles. The average Bonchev–Trinajstić information content (AvgIpc) is 2.51. The molecule has 2 rings (SSSR count). The van der Waals surface area contributed by atoms with E-state index < -0.39 is 11.6 Å². The zero-order valence-electron chi connectivity index (χ0n) is 12.5. The second kappa shape index (κ2) is 7.13. The molecule has 3 nitrogen and oxygen atoms in total. The van der Waals surface area contributed by atoms with Crippen LogP contribution in [0.3, 0.4) is 0 Å². The van der Waals surface area contributed by atoms with Crippen molar-refractivity contribution in [3.63, 3.8) is 0 Å². The lowest BCUT2D eigenvalue weighted by molar-refractivity contribution is -0.709.